The number of benzene rings is 2. The van der Waals surface area contributed by atoms with Crippen LogP contribution in [0.5, 0.6) is 0 Å². The van der Waals surface area contributed by atoms with Crippen LogP contribution in [0.3, 0.4) is 0 Å². The van der Waals surface area contributed by atoms with E-state index in [9.17, 15) is 4.79 Å². The quantitative estimate of drug-likeness (QED) is 0.941. The zero-order valence-electron chi connectivity index (χ0n) is 10.2. The number of rotatable bonds is 3. The molecule has 0 radical (unpaired) electrons. The summed E-state index contributed by atoms with van der Waals surface area (Å²) in [6, 6.07) is 11.8. The van der Waals surface area contributed by atoms with Crippen molar-refractivity contribution in [1.29, 1.82) is 0 Å². The molecule has 1 N–H and O–H groups in total. The van der Waals surface area contributed by atoms with Crippen LogP contribution in [-0.2, 0) is 9.53 Å². The number of nitrogens with one attached hydrogen (secondary N) is 1. The monoisotopic (exact) mass is 307 g/mol. The highest BCUT2D eigenvalue weighted by molar-refractivity contribution is 9.10. The van der Waals surface area contributed by atoms with E-state index in [-0.39, 0.29) is 5.91 Å². The first kappa shape index (κ1) is 13.1. The lowest BCUT2D eigenvalue weighted by atomic mass is 10.1. The molecule has 1 unspecified atom stereocenters. The van der Waals surface area contributed by atoms with Gasteiger partial charge in [0.25, 0.3) is 5.91 Å². The van der Waals surface area contributed by atoms with Crippen LogP contribution in [0.15, 0.2) is 40.9 Å². The Morgan fingerprint density at radius 1 is 1.22 bits per heavy atom. The van der Waals surface area contributed by atoms with Crippen LogP contribution in [0.1, 0.15) is 6.92 Å². The minimum absolute atomic E-state index is 0.144. The smallest absolute Gasteiger partial charge is 0.253 e. The summed E-state index contributed by atoms with van der Waals surface area (Å²) in [5, 5.41) is 5.04. The lowest BCUT2D eigenvalue weighted by Gasteiger charge is -2.11. The van der Waals surface area contributed by atoms with Crippen LogP contribution in [0, 0.1) is 0 Å². The van der Waals surface area contributed by atoms with Gasteiger partial charge in [0.1, 0.15) is 6.10 Å². The van der Waals surface area contributed by atoms with E-state index in [1.54, 1.807) is 6.92 Å². The number of carbonyl (C=O) groups is 1. The fourth-order valence-corrected chi connectivity index (χ4v) is 2.02. The number of fused-ring (bicyclic) bond motifs is 1. The number of methoxy groups -OCH3 is 1. The predicted octanol–water partition coefficient (Wildman–Crippen LogP) is 3.58. The van der Waals surface area contributed by atoms with Gasteiger partial charge in [0.2, 0.25) is 0 Å². The Hall–Kier alpha value is -1.39. The largest absolute Gasteiger partial charge is 0.372 e. The van der Waals surface area contributed by atoms with Gasteiger partial charge >= 0.3 is 0 Å². The molecular formula is C14H14BrNO2. The zero-order chi connectivity index (χ0) is 13.1. The Bertz CT molecular complexity index is 583. The number of halogens is 1. The third-order valence-electron chi connectivity index (χ3n) is 2.79. The Balaban J connectivity index is 2.25. The van der Waals surface area contributed by atoms with Gasteiger partial charge in [0.05, 0.1) is 0 Å². The molecule has 1 atom stereocenters. The molecule has 0 saturated carbocycles. The molecule has 94 valence electrons. The first-order valence-corrected chi connectivity index (χ1v) is 6.42. The van der Waals surface area contributed by atoms with Gasteiger partial charge in [-0.05, 0) is 42.0 Å². The van der Waals surface area contributed by atoms with Crippen LogP contribution in [0.2, 0.25) is 0 Å². The molecular weight excluding hydrogens is 294 g/mol. The van der Waals surface area contributed by atoms with Crippen LogP contribution < -0.4 is 5.32 Å². The molecule has 18 heavy (non-hydrogen) atoms. The standard InChI is InChI=1S/C14H14BrNO2/c1-9(18-2)14(17)16-13-6-4-10-7-12(15)5-3-11(10)8-13/h3-9H,1-2H3,(H,16,17). The molecule has 3 nitrogen and oxygen atoms in total. The summed E-state index contributed by atoms with van der Waals surface area (Å²) in [4.78, 5) is 11.7. The topological polar surface area (TPSA) is 38.3 Å². The molecule has 0 aromatic heterocycles. The van der Waals surface area contributed by atoms with Crippen molar-refractivity contribution in [2.24, 2.45) is 0 Å². The molecule has 0 heterocycles. The van der Waals surface area contributed by atoms with Crippen molar-refractivity contribution in [3.05, 3.63) is 40.9 Å². The van der Waals surface area contributed by atoms with E-state index in [4.69, 9.17) is 4.74 Å². The summed E-state index contributed by atoms with van der Waals surface area (Å²) < 4.78 is 6.01. The number of anilines is 1. The van der Waals surface area contributed by atoms with Crippen molar-refractivity contribution in [2.75, 3.05) is 12.4 Å². The highest BCUT2D eigenvalue weighted by Gasteiger charge is 2.11. The molecule has 2 aromatic rings. The van der Waals surface area contributed by atoms with E-state index in [2.05, 4.69) is 21.2 Å². The number of amides is 1. The molecule has 0 spiro atoms. The van der Waals surface area contributed by atoms with Gasteiger partial charge in [-0.25, -0.2) is 0 Å². The van der Waals surface area contributed by atoms with Crippen LogP contribution in [-0.4, -0.2) is 19.1 Å². The van der Waals surface area contributed by atoms with Crippen molar-refractivity contribution >= 4 is 38.3 Å². The summed E-state index contributed by atoms with van der Waals surface area (Å²) in [5.74, 6) is -0.144. The van der Waals surface area contributed by atoms with Crippen molar-refractivity contribution in [1.82, 2.24) is 0 Å². The molecule has 0 saturated heterocycles. The zero-order valence-corrected chi connectivity index (χ0v) is 11.8. The van der Waals surface area contributed by atoms with Gasteiger partial charge in [-0.15, -0.1) is 0 Å². The van der Waals surface area contributed by atoms with Gasteiger partial charge in [0.15, 0.2) is 0 Å². The molecule has 2 aromatic carbocycles. The van der Waals surface area contributed by atoms with Crippen molar-refractivity contribution < 1.29 is 9.53 Å². The summed E-state index contributed by atoms with van der Waals surface area (Å²) in [7, 11) is 1.52. The molecule has 0 bridgehead atoms. The Morgan fingerprint density at radius 3 is 2.61 bits per heavy atom. The van der Waals surface area contributed by atoms with Gasteiger partial charge in [-0.2, -0.15) is 0 Å². The highest BCUT2D eigenvalue weighted by Crippen LogP contribution is 2.23. The average Bonchev–Trinajstić information content (AvgIpc) is 2.38. The van der Waals surface area contributed by atoms with Crippen LogP contribution in [0.25, 0.3) is 10.8 Å². The first-order chi connectivity index (χ1) is 8.60. The van der Waals surface area contributed by atoms with Gasteiger partial charge in [-0.3, -0.25) is 4.79 Å². The molecule has 0 aliphatic rings. The third kappa shape index (κ3) is 2.89. The van der Waals surface area contributed by atoms with E-state index in [0.29, 0.717) is 0 Å². The van der Waals surface area contributed by atoms with E-state index < -0.39 is 6.10 Å². The number of ether oxygens (including phenoxy) is 1. The Labute approximate surface area is 114 Å². The molecule has 0 aliphatic carbocycles. The fraction of sp³-hybridized carbons (Fsp3) is 0.214. The maximum atomic E-state index is 11.7. The lowest BCUT2D eigenvalue weighted by molar-refractivity contribution is -0.124. The van der Waals surface area contributed by atoms with Crippen molar-refractivity contribution in [2.45, 2.75) is 13.0 Å². The normalized spacial score (nSPS) is 12.4. The van der Waals surface area contributed by atoms with Gasteiger partial charge in [-0.1, -0.05) is 28.1 Å². The maximum Gasteiger partial charge on any atom is 0.253 e. The molecule has 2 rings (SSSR count). The summed E-state index contributed by atoms with van der Waals surface area (Å²) >= 11 is 3.43. The molecule has 0 fully saturated rings. The number of carbonyl (C=O) groups excluding carboxylic acids is 1. The Morgan fingerprint density at radius 2 is 1.89 bits per heavy atom. The van der Waals surface area contributed by atoms with E-state index in [1.165, 1.54) is 7.11 Å². The molecule has 0 aliphatic heterocycles. The summed E-state index contributed by atoms with van der Waals surface area (Å²) in [6.45, 7) is 1.72. The van der Waals surface area contributed by atoms with Crippen molar-refractivity contribution in [3.8, 4) is 0 Å². The minimum Gasteiger partial charge on any atom is -0.372 e. The summed E-state index contributed by atoms with van der Waals surface area (Å²) in [5.41, 5.74) is 0.777. The van der Waals surface area contributed by atoms with Crippen molar-refractivity contribution in [3.63, 3.8) is 0 Å². The lowest BCUT2D eigenvalue weighted by Crippen LogP contribution is -2.26. The van der Waals surface area contributed by atoms with Crippen LogP contribution >= 0.6 is 15.9 Å². The highest BCUT2D eigenvalue weighted by atomic mass is 79.9. The second-order valence-corrected chi connectivity index (χ2v) is 4.99. The third-order valence-corrected chi connectivity index (χ3v) is 3.29. The molecule has 4 heteroatoms. The van der Waals surface area contributed by atoms with Gasteiger partial charge < -0.3 is 10.1 Å². The van der Waals surface area contributed by atoms with E-state index in [0.717, 1.165) is 20.9 Å². The average molecular weight is 308 g/mol. The number of hydrogen-bond donors (Lipinski definition) is 1. The van der Waals surface area contributed by atoms with Gasteiger partial charge in [0, 0.05) is 17.3 Å². The molecule has 1 amide bonds. The second kappa shape index (κ2) is 5.50. The summed E-state index contributed by atoms with van der Waals surface area (Å²) in [6.07, 6.45) is -0.453. The van der Waals surface area contributed by atoms with Crippen LogP contribution in [0.4, 0.5) is 5.69 Å². The Kier molecular flexibility index (Phi) is 3.99. The first-order valence-electron chi connectivity index (χ1n) is 5.63. The fourth-order valence-electron chi connectivity index (χ4n) is 1.65. The van der Waals surface area contributed by atoms with E-state index >= 15 is 0 Å². The minimum atomic E-state index is -0.453. The number of hydrogen-bond acceptors (Lipinski definition) is 2. The predicted molar refractivity (Wildman–Crippen MR) is 76.7 cm³/mol. The SMILES string of the molecule is COC(C)C(=O)Nc1ccc2cc(Br)ccc2c1. The maximum absolute atomic E-state index is 11.7. The second-order valence-electron chi connectivity index (χ2n) is 4.07. The van der Waals surface area contributed by atoms with E-state index in [1.807, 2.05) is 36.4 Å².